The van der Waals surface area contributed by atoms with Gasteiger partial charge in [-0.2, -0.15) is 0 Å². The van der Waals surface area contributed by atoms with Gasteiger partial charge in [0.1, 0.15) is 18.2 Å². The van der Waals surface area contributed by atoms with E-state index in [-0.39, 0.29) is 12.5 Å². The van der Waals surface area contributed by atoms with E-state index in [1.165, 1.54) is 6.26 Å². The van der Waals surface area contributed by atoms with Crippen molar-refractivity contribution in [1.29, 1.82) is 0 Å². The van der Waals surface area contributed by atoms with E-state index in [9.17, 15) is 4.79 Å². The number of carbonyl (C=O) groups excluding carboxylic acids is 1. The van der Waals surface area contributed by atoms with Crippen LogP contribution in [0.2, 0.25) is 0 Å². The zero-order valence-corrected chi connectivity index (χ0v) is 6.50. The van der Waals surface area contributed by atoms with E-state index in [1.54, 1.807) is 12.1 Å². The highest BCUT2D eigenvalue weighted by Gasteiger charge is 2.01. The number of hydrogen-bond donors (Lipinski definition) is 0. The molecule has 0 aliphatic carbocycles. The molecule has 1 rings (SSSR count). The highest BCUT2D eigenvalue weighted by atomic mass is 35.5. The standard InChI is InChI=1S/C7H7ClO3/c8-4-7(9)11-5-6-2-1-3-10-6/h1-3H,4-5H2. The Balaban J connectivity index is 2.29. The largest absolute Gasteiger partial charge is 0.466 e. The van der Waals surface area contributed by atoms with Crippen molar-refractivity contribution in [3.05, 3.63) is 24.2 Å². The summed E-state index contributed by atoms with van der Waals surface area (Å²) in [5.74, 6) is 0.0484. The fraction of sp³-hybridized carbons (Fsp3) is 0.286. The fourth-order valence-corrected chi connectivity index (χ4v) is 0.662. The lowest BCUT2D eigenvalue weighted by Crippen LogP contribution is -2.04. The minimum absolute atomic E-state index is 0.124. The van der Waals surface area contributed by atoms with Crippen molar-refractivity contribution in [3.63, 3.8) is 0 Å². The number of carbonyl (C=O) groups is 1. The SMILES string of the molecule is O=C(CCl)OCc1ccco1. The molecule has 0 unspecified atom stereocenters. The summed E-state index contributed by atoms with van der Waals surface area (Å²) in [7, 11) is 0. The Morgan fingerprint density at radius 3 is 3.09 bits per heavy atom. The molecule has 0 radical (unpaired) electrons. The molecule has 0 aliphatic rings. The second-order valence-electron chi connectivity index (χ2n) is 1.87. The fourth-order valence-electron chi connectivity index (χ4n) is 0.585. The van der Waals surface area contributed by atoms with Crippen LogP contribution >= 0.6 is 11.6 Å². The van der Waals surface area contributed by atoms with Gasteiger partial charge in [0.25, 0.3) is 0 Å². The summed E-state index contributed by atoms with van der Waals surface area (Å²) < 4.78 is 9.58. The van der Waals surface area contributed by atoms with Gasteiger partial charge in [-0.15, -0.1) is 11.6 Å². The van der Waals surface area contributed by atoms with E-state index in [0.717, 1.165) is 0 Å². The molecule has 0 N–H and O–H groups in total. The van der Waals surface area contributed by atoms with Crippen LogP contribution in [0.15, 0.2) is 22.8 Å². The summed E-state index contributed by atoms with van der Waals surface area (Å²) in [6.07, 6.45) is 1.52. The van der Waals surface area contributed by atoms with Gasteiger partial charge >= 0.3 is 5.97 Å². The van der Waals surface area contributed by atoms with Crippen LogP contribution < -0.4 is 0 Å². The number of hydrogen-bond acceptors (Lipinski definition) is 3. The van der Waals surface area contributed by atoms with Crippen LogP contribution in [0.25, 0.3) is 0 Å². The number of halogens is 1. The quantitative estimate of drug-likeness (QED) is 0.516. The molecular weight excluding hydrogens is 168 g/mol. The molecule has 0 spiro atoms. The van der Waals surface area contributed by atoms with Gasteiger partial charge < -0.3 is 9.15 Å². The minimum Gasteiger partial charge on any atom is -0.466 e. The average molecular weight is 175 g/mol. The van der Waals surface area contributed by atoms with Crippen LogP contribution in [0, 0.1) is 0 Å². The van der Waals surface area contributed by atoms with E-state index in [4.69, 9.17) is 16.0 Å². The molecule has 0 atom stereocenters. The second-order valence-corrected chi connectivity index (χ2v) is 2.14. The highest BCUT2D eigenvalue weighted by molar-refractivity contribution is 6.26. The normalized spacial score (nSPS) is 9.55. The summed E-state index contributed by atoms with van der Waals surface area (Å²) in [4.78, 5) is 10.5. The molecule has 1 aromatic rings. The molecule has 0 bridgehead atoms. The van der Waals surface area contributed by atoms with Crippen molar-refractivity contribution in [2.75, 3.05) is 5.88 Å². The Labute approximate surface area is 68.9 Å². The number of rotatable bonds is 3. The minimum atomic E-state index is -0.442. The Hall–Kier alpha value is -0.960. The van der Waals surface area contributed by atoms with E-state index >= 15 is 0 Å². The number of furan rings is 1. The Bertz CT molecular complexity index is 218. The molecule has 60 valence electrons. The maximum absolute atomic E-state index is 10.5. The lowest BCUT2D eigenvalue weighted by molar-refractivity contribution is -0.142. The Kier molecular flexibility index (Phi) is 2.98. The van der Waals surface area contributed by atoms with Gasteiger partial charge in [-0.05, 0) is 12.1 Å². The van der Waals surface area contributed by atoms with Gasteiger partial charge in [0.05, 0.1) is 6.26 Å². The number of esters is 1. The van der Waals surface area contributed by atoms with E-state index in [0.29, 0.717) is 5.76 Å². The molecule has 3 nitrogen and oxygen atoms in total. The van der Waals surface area contributed by atoms with Gasteiger partial charge in [-0.25, -0.2) is 0 Å². The third-order valence-electron chi connectivity index (χ3n) is 1.06. The van der Waals surface area contributed by atoms with Gasteiger partial charge in [0.2, 0.25) is 0 Å². The maximum Gasteiger partial charge on any atom is 0.321 e. The highest BCUT2D eigenvalue weighted by Crippen LogP contribution is 2.01. The van der Waals surface area contributed by atoms with Gasteiger partial charge in [-0.3, -0.25) is 4.79 Å². The van der Waals surface area contributed by atoms with Crippen molar-refractivity contribution >= 4 is 17.6 Å². The molecule has 0 aromatic carbocycles. The van der Waals surface area contributed by atoms with Crippen LogP contribution in [-0.2, 0) is 16.1 Å². The van der Waals surface area contributed by atoms with Gasteiger partial charge in [0.15, 0.2) is 0 Å². The van der Waals surface area contributed by atoms with Gasteiger partial charge in [-0.1, -0.05) is 0 Å². The van der Waals surface area contributed by atoms with Gasteiger partial charge in [0, 0.05) is 0 Å². The van der Waals surface area contributed by atoms with Crippen LogP contribution in [0.4, 0.5) is 0 Å². The van der Waals surface area contributed by atoms with E-state index in [2.05, 4.69) is 4.74 Å². The summed E-state index contributed by atoms with van der Waals surface area (Å²) in [6, 6.07) is 3.45. The number of ether oxygens (including phenoxy) is 1. The number of alkyl halides is 1. The molecule has 11 heavy (non-hydrogen) atoms. The third-order valence-corrected chi connectivity index (χ3v) is 1.28. The molecule has 0 saturated heterocycles. The van der Waals surface area contributed by atoms with Crippen LogP contribution in [0.1, 0.15) is 5.76 Å². The zero-order valence-electron chi connectivity index (χ0n) is 5.75. The molecular formula is C7H7ClO3. The summed E-state index contributed by atoms with van der Waals surface area (Å²) in [6.45, 7) is 0.151. The second kappa shape index (κ2) is 4.03. The van der Waals surface area contributed by atoms with Crippen molar-refractivity contribution in [2.45, 2.75) is 6.61 Å². The van der Waals surface area contributed by atoms with E-state index in [1.807, 2.05) is 0 Å². The van der Waals surface area contributed by atoms with Crippen molar-refractivity contribution in [1.82, 2.24) is 0 Å². The molecule has 4 heteroatoms. The average Bonchev–Trinajstić information content (AvgIpc) is 2.52. The van der Waals surface area contributed by atoms with Crippen LogP contribution in [0.3, 0.4) is 0 Å². The third kappa shape index (κ3) is 2.63. The predicted molar refractivity (Wildman–Crippen MR) is 39.2 cm³/mol. The lowest BCUT2D eigenvalue weighted by atomic mass is 10.5. The topological polar surface area (TPSA) is 39.4 Å². The van der Waals surface area contributed by atoms with Crippen LogP contribution in [0.5, 0.6) is 0 Å². The monoisotopic (exact) mass is 174 g/mol. The summed E-state index contributed by atoms with van der Waals surface area (Å²) in [5.41, 5.74) is 0. The Morgan fingerprint density at radius 1 is 1.73 bits per heavy atom. The van der Waals surface area contributed by atoms with Crippen LogP contribution in [-0.4, -0.2) is 11.8 Å². The van der Waals surface area contributed by atoms with Crippen molar-refractivity contribution in [3.8, 4) is 0 Å². The molecule has 0 saturated carbocycles. The Morgan fingerprint density at radius 2 is 2.55 bits per heavy atom. The molecule has 0 amide bonds. The zero-order chi connectivity index (χ0) is 8.10. The molecule has 1 aromatic heterocycles. The first-order valence-electron chi connectivity index (χ1n) is 3.07. The molecule has 1 heterocycles. The lowest BCUT2D eigenvalue weighted by Gasteiger charge is -1.97. The summed E-state index contributed by atoms with van der Waals surface area (Å²) >= 11 is 5.19. The van der Waals surface area contributed by atoms with Crippen molar-refractivity contribution < 1.29 is 13.9 Å². The summed E-state index contributed by atoms with van der Waals surface area (Å²) in [5, 5.41) is 0. The van der Waals surface area contributed by atoms with Crippen molar-refractivity contribution in [2.24, 2.45) is 0 Å². The first-order valence-corrected chi connectivity index (χ1v) is 3.60. The first-order chi connectivity index (χ1) is 5.33. The smallest absolute Gasteiger partial charge is 0.321 e. The first kappa shape index (κ1) is 8.14. The van der Waals surface area contributed by atoms with E-state index < -0.39 is 5.97 Å². The predicted octanol–water partition coefficient (Wildman–Crippen LogP) is 1.56. The molecule has 0 aliphatic heterocycles. The molecule has 0 fully saturated rings. The maximum atomic E-state index is 10.5.